The molecule has 0 atom stereocenters. The predicted molar refractivity (Wildman–Crippen MR) is 57.0 cm³/mol. The average Bonchev–Trinajstić information content (AvgIpc) is 2.17. The Kier molecular flexibility index (Phi) is 1.97. The Labute approximate surface area is 85.6 Å². The number of aromatic carboxylic acids is 1. The number of hydrogen-bond acceptors (Lipinski definition) is 3. The monoisotopic (exact) mass is 203 g/mol. The van der Waals surface area contributed by atoms with Crippen LogP contribution in [-0.2, 0) is 0 Å². The molecule has 0 unspecified atom stereocenters. The second-order valence-corrected chi connectivity index (χ2v) is 3.22. The number of carboxylic acid groups (broad SMARTS) is 1. The number of nitrogens with two attached hydrogens (primary N) is 1. The summed E-state index contributed by atoms with van der Waals surface area (Å²) in [7, 11) is 0. The fourth-order valence-electron chi connectivity index (χ4n) is 1.57. The maximum absolute atomic E-state index is 10.8. The maximum Gasteiger partial charge on any atom is 0.341 e. The summed E-state index contributed by atoms with van der Waals surface area (Å²) in [6.45, 7) is 0. The van der Waals surface area contributed by atoms with Gasteiger partial charge in [0.15, 0.2) is 0 Å². The zero-order valence-corrected chi connectivity index (χ0v) is 7.77. The van der Waals surface area contributed by atoms with Gasteiger partial charge in [-0.05, 0) is 11.5 Å². The molecule has 2 aromatic carbocycles. The normalized spacial score (nSPS) is 10.4. The highest BCUT2D eigenvalue weighted by atomic mass is 16.4. The van der Waals surface area contributed by atoms with Gasteiger partial charge in [-0.15, -0.1) is 0 Å². The molecule has 0 aromatic heterocycles. The van der Waals surface area contributed by atoms with Crippen LogP contribution in [0.3, 0.4) is 0 Å². The first-order valence-corrected chi connectivity index (χ1v) is 4.34. The first-order valence-electron chi connectivity index (χ1n) is 4.34. The molecule has 15 heavy (non-hydrogen) atoms. The third-order valence-electron chi connectivity index (χ3n) is 2.27. The van der Waals surface area contributed by atoms with Gasteiger partial charge < -0.3 is 15.9 Å². The molecule has 0 saturated carbocycles. The molecule has 76 valence electrons. The molecular formula is C11H9NO3. The summed E-state index contributed by atoms with van der Waals surface area (Å²) in [6, 6.07) is 8.47. The number of rotatable bonds is 1. The Morgan fingerprint density at radius 2 is 1.93 bits per heavy atom. The van der Waals surface area contributed by atoms with Crippen LogP contribution in [0.5, 0.6) is 5.75 Å². The molecule has 0 spiro atoms. The molecule has 0 heterocycles. The summed E-state index contributed by atoms with van der Waals surface area (Å²) in [5.41, 5.74) is 5.37. The van der Waals surface area contributed by atoms with E-state index in [1.54, 1.807) is 30.3 Å². The molecule has 0 aliphatic carbocycles. The molecule has 0 radical (unpaired) electrons. The van der Waals surface area contributed by atoms with Crippen molar-refractivity contribution in [3.05, 3.63) is 35.9 Å². The molecule has 0 bridgehead atoms. The van der Waals surface area contributed by atoms with Crippen molar-refractivity contribution >= 4 is 22.4 Å². The van der Waals surface area contributed by atoms with Crippen molar-refractivity contribution in [2.45, 2.75) is 0 Å². The molecule has 4 heteroatoms. The Bertz CT molecular complexity index is 549. The number of phenols is 1. The maximum atomic E-state index is 10.8. The van der Waals surface area contributed by atoms with E-state index in [4.69, 9.17) is 10.8 Å². The second-order valence-electron chi connectivity index (χ2n) is 3.22. The molecule has 4 N–H and O–H groups in total. The van der Waals surface area contributed by atoms with Gasteiger partial charge in [0.25, 0.3) is 0 Å². The Morgan fingerprint density at radius 1 is 1.27 bits per heavy atom. The molecule has 0 aliphatic heterocycles. The number of fused-ring (bicyclic) bond motifs is 1. The van der Waals surface area contributed by atoms with Gasteiger partial charge in [0.1, 0.15) is 11.3 Å². The third-order valence-corrected chi connectivity index (χ3v) is 2.27. The highest BCUT2D eigenvalue weighted by molar-refractivity contribution is 6.05. The van der Waals surface area contributed by atoms with Crippen molar-refractivity contribution < 1.29 is 15.0 Å². The summed E-state index contributed by atoms with van der Waals surface area (Å²) in [5.74, 6) is -1.51. The van der Waals surface area contributed by atoms with E-state index in [2.05, 4.69) is 0 Å². The first kappa shape index (κ1) is 9.33. The second kappa shape index (κ2) is 3.16. The van der Waals surface area contributed by atoms with Crippen molar-refractivity contribution in [2.75, 3.05) is 5.73 Å². The van der Waals surface area contributed by atoms with E-state index in [0.29, 0.717) is 5.39 Å². The number of aromatic hydroxyl groups is 1. The van der Waals surface area contributed by atoms with E-state index in [0.717, 1.165) is 5.39 Å². The Hall–Kier alpha value is -2.23. The lowest BCUT2D eigenvalue weighted by molar-refractivity contribution is 0.0695. The summed E-state index contributed by atoms with van der Waals surface area (Å²) in [4.78, 5) is 10.8. The molecule has 2 rings (SSSR count). The van der Waals surface area contributed by atoms with Gasteiger partial charge in [-0.3, -0.25) is 0 Å². The van der Waals surface area contributed by atoms with Gasteiger partial charge in [0.2, 0.25) is 0 Å². The highest BCUT2D eigenvalue weighted by Gasteiger charge is 2.16. The van der Waals surface area contributed by atoms with Crippen molar-refractivity contribution in [1.29, 1.82) is 0 Å². The fourth-order valence-corrected chi connectivity index (χ4v) is 1.57. The van der Waals surface area contributed by atoms with Gasteiger partial charge in [-0.25, -0.2) is 4.79 Å². The van der Waals surface area contributed by atoms with Gasteiger partial charge in [-0.2, -0.15) is 0 Å². The van der Waals surface area contributed by atoms with E-state index >= 15 is 0 Å². The summed E-state index contributed by atoms with van der Waals surface area (Å²) in [6.07, 6.45) is 0. The van der Waals surface area contributed by atoms with Crippen molar-refractivity contribution in [1.82, 2.24) is 0 Å². The minimum absolute atomic E-state index is 0.0682. The number of carboxylic acids is 1. The largest absolute Gasteiger partial charge is 0.506 e. The van der Waals surface area contributed by atoms with Crippen LogP contribution in [0.4, 0.5) is 5.69 Å². The molecule has 0 saturated heterocycles. The highest BCUT2D eigenvalue weighted by Crippen LogP contribution is 2.32. The van der Waals surface area contributed by atoms with E-state index in [9.17, 15) is 9.90 Å². The zero-order chi connectivity index (χ0) is 11.0. The SMILES string of the molecule is Nc1cc2ccccc2c(O)c1C(=O)O. The van der Waals surface area contributed by atoms with Crippen LogP contribution in [0.2, 0.25) is 0 Å². The third kappa shape index (κ3) is 1.36. The van der Waals surface area contributed by atoms with Gasteiger partial charge in [0.05, 0.1) is 5.69 Å². The minimum atomic E-state index is -1.23. The number of anilines is 1. The fraction of sp³-hybridized carbons (Fsp3) is 0. The van der Waals surface area contributed by atoms with Crippen LogP contribution in [0.1, 0.15) is 10.4 Å². The van der Waals surface area contributed by atoms with Crippen LogP contribution in [0.15, 0.2) is 30.3 Å². The van der Waals surface area contributed by atoms with Crippen LogP contribution in [-0.4, -0.2) is 16.2 Å². The van der Waals surface area contributed by atoms with Gasteiger partial charge in [0, 0.05) is 5.39 Å². The Balaban J connectivity index is 2.90. The van der Waals surface area contributed by atoms with Crippen LogP contribution in [0, 0.1) is 0 Å². The van der Waals surface area contributed by atoms with Crippen molar-refractivity contribution in [3.8, 4) is 5.75 Å². The molecule has 0 fully saturated rings. The lowest BCUT2D eigenvalue weighted by Gasteiger charge is -2.07. The Morgan fingerprint density at radius 3 is 2.60 bits per heavy atom. The van der Waals surface area contributed by atoms with Crippen LogP contribution >= 0.6 is 0 Å². The van der Waals surface area contributed by atoms with E-state index < -0.39 is 5.97 Å². The van der Waals surface area contributed by atoms with Crippen LogP contribution < -0.4 is 5.73 Å². The van der Waals surface area contributed by atoms with Crippen molar-refractivity contribution in [3.63, 3.8) is 0 Å². The smallest absolute Gasteiger partial charge is 0.341 e. The number of benzene rings is 2. The van der Waals surface area contributed by atoms with Crippen LogP contribution in [0.25, 0.3) is 10.8 Å². The lowest BCUT2D eigenvalue weighted by atomic mass is 10.0. The van der Waals surface area contributed by atoms with Crippen molar-refractivity contribution in [2.24, 2.45) is 0 Å². The molecular weight excluding hydrogens is 194 g/mol. The van der Waals surface area contributed by atoms with Gasteiger partial charge in [-0.1, -0.05) is 24.3 Å². The van der Waals surface area contributed by atoms with Gasteiger partial charge >= 0.3 is 5.97 Å². The molecule has 0 aliphatic rings. The predicted octanol–water partition coefficient (Wildman–Crippen LogP) is 1.83. The lowest BCUT2D eigenvalue weighted by Crippen LogP contribution is -2.03. The van der Waals surface area contributed by atoms with E-state index in [-0.39, 0.29) is 17.0 Å². The number of hydrogen-bond donors (Lipinski definition) is 3. The number of carbonyl (C=O) groups is 1. The molecule has 2 aromatic rings. The summed E-state index contributed by atoms with van der Waals surface area (Å²) in [5, 5.41) is 19.8. The average molecular weight is 203 g/mol. The summed E-state index contributed by atoms with van der Waals surface area (Å²) < 4.78 is 0. The van der Waals surface area contributed by atoms with E-state index in [1.807, 2.05) is 0 Å². The molecule has 4 nitrogen and oxygen atoms in total. The van der Waals surface area contributed by atoms with E-state index in [1.165, 1.54) is 0 Å². The molecule has 0 amide bonds. The minimum Gasteiger partial charge on any atom is -0.506 e. The topological polar surface area (TPSA) is 83.5 Å². The quantitative estimate of drug-likeness (QED) is 0.617. The standard InChI is InChI=1S/C11H9NO3/c12-8-5-6-3-1-2-4-7(6)10(13)9(8)11(14)15/h1-5,13H,12H2,(H,14,15). The first-order chi connectivity index (χ1) is 7.11. The number of nitrogen functional groups attached to an aromatic ring is 1. The summed E-state index contributed by atoms with van der Waals surface area (Å²) >= 11 is 0. The zero-order valence-electron chi connectivity index (χ0n) is 7.77.